The van der Waals surface area contributed by atoms with Crippen molar-refractivity contribution in [2.75, 3.05) is 6.54 Å². The van der Waals surface area contributed by atoms with Gasteiger partial charge < -0.3 is 10.5 Å². The molecule has 5 nitrogen and oxygen atoms in total. The first-order chi connectivity index (χ1) is 9.58. The number of rotatable bonds is 3. The molecule has 2 fully saturated rings. The van der Waals surface area contributed by atoms with Crippen LogP contribution in [-0.4, -0.2) is 35.5 Å². The number of ether oxygens (including phenoxy) is 1. The summed E-state index contributed by atoms with van der Waals surface area (Å²) in [6.07, 6.45) is 0.238. The van der Waals surface area contributed by atoms with E-state index in [4.69, 9.17) is 10.5 Å². The lowest BCUT2D eigenvalue weighted by molar-refractivity contribution is -0.176. The van der Waals surface area contributed by atoms with E-state index >= 15 is 0 Å². The van der Waals surface area contributed by atoms with Gasteiger partial charge in [0.15, 0.2) is 0 Å². The van der Waals surface area contributed by atoms with Gasteiger partial charge in [0.1, 0.15) is 12.2 Å². The molecule has 3 unspecified atom stereocenters. The van der Waals surface area contributed by atoms with Crippen LogP contribution in [0.5, 0.6) is 0 Å². The number of likely N-dealkylation sites (tertiary alicyclic amines) is 1. The molecule has 5 heteroatoms. The minimum absolute atomic E-state index is 0.188. The number of nitrogens with zero attached hydrogens (tertiary/aromatic N) is 1. The van der Waals surface area contributed by atoms with Crippen LogP contribution < -0.4 is 5.73 Å². The fourth-order valence-electron chi connectivity index (χ4n) is 3.02. The van der Waals surface area contributed by atoms with E-state index < -0.39 is 17.7 Å². The number of carbonyl (C=O) groups is 2. The molecule has 2 heterocycles. The van der Waals surface area contributed by atoms with Gasteiger partial charge in [0.25, 0.3) is 11.8 Å². The molecule has 0 spiro atoms. The standard InChI is InChI=1S/C15H18N2O3/c1-15(9-16,10-5-3-2-4-6-10)17-13(18)11-7-8-12(20-11)14(17)19/h2-6,11-12H,7-9,16H2,1H3. The molecule has 0 aliphatic carbocycles. The zero-order valence-corrected chi connectivity index (χ0v) is 11.4. The largest absolute Gasteiger partial charge is 0.355 e. The fraction of sp³-hybridized carbons (Fsp3) is 0.467. The topological polar surface area (TPSA) is 72.6 Å². The van der Waals surface area contributed by atoms with Gasteiger partial charge in [0.2, 0.25) is 0 Å². The molecular formula is C15H18N2O3. The Morgan fingerprint density at radius 3 is 2.25 bits per heavy atom. The Hall–Kier alpha value is -1.72. The maximum atomic E-state index is 12.5. The summed E-state index contributed by atoms with van der Waals surface area (Å²) in [5, 5.41) is 0. The van der Waals surface area contributed by atoms with E-state index in [0.29, 0.717) is 12.8 Å². The molecule has 2 aliphatic heterocycles. The van der Waals surface area contributed by atoms with Gasteiger partial charge >= 0.3 is 0 Å². The molecule has 0 saturated carbocycles. The van der Waals surface area contributed by atoms with Gasteiger partial charge in [0.05, 0.1) is 5.54 Å². The van der Waals surface area contributed by atoms with Crippen molar-refractivity contribution in [1.82, 2.24) is 4.90 Å². The maximum Gasteiger partial charge on any atom is 0.259 e. The zero-order chi connectivity index (χ0) is 14.3. The van der Waals surface area contributed by atoms with Crippen LogP contribution in [0.25, 0.3) is 0 Å². The Morgan fingerprint density at radius 1 is 1.20 bits per heavy atom. The van der Waals surface area contributed by atoms with Crippen LogP contribution in [0.3, 0.4) is 0 Å². The van der Waals surface area contributed by atoms with Crippen molar-refractivity contribution in [3.63, 3.8) is 0 Å². The van der Waals surface area contributed by atoms with E-state index in [1.807, 2.05) is 37.3 Å². The highest BCUT2D eigenvalue weighted by molar-refractivity contribution is 6.03. The molecule has 20 heavy (non-hydrogen) atoms. The van der Waals surface area contributed by atoms with Gasteiger partial charge in [-0.1, -0.05) is 30.3 Å². The second-order valence-corrected chi connectivity index (χ2v) is 5.55. The second-order valence-electron chi connectivity index (χ2n) is 5.55. The van der Waals surface area contributed by atoms with Crippen LogP contribution in [0.1, 0.15) is 25.3 Å². The summed E-state index contributed by atoms with van der Waals surface area (Å²) >= 11 is 0. The third-order valence-corrected chi connectivity index (χ3v) is 4.30. The second kappa shape index (κ2) is 4.68. The van der Waals surface area contributed by atoms with E-state index in [1.54, 1.807) is 0 Å². The molecular weight excluding hydrogens is 256 g/mol. The van der Waals surface area contributed by atoms with Crippen LogP contribution in [0, 0.1) is 0 Å². The Bertz CT molecular complexity index is 523. The summed E-state index contributed by atoms with van der Waals surface area (Å²) in [5.41, 5.74) is 5.97. The lowest BCUT2D eigenvalue weighted by Crippen LogP contribution is -2.62. The lowest BCUT2D eigenvalue weighted by Gasteiger charge is -2.43. The van der Waals surface area contributed by atoms with Crippen LogP contribution >= 0.6 is 0 Å². The van der Waals surface area contributed by atoms with Gasteiger partial charge in [-0.05, 0) is 25.3 Å². The van der Waals surface area contributed by atoms with E-state index in [1.165, 1.54) is 4.90 Å². The third kappa shape index (κ3) is 1.77. The maximum absolute atomic E-state index is 12.5. The molecule has 3 rings (SSSR count). The number of amides is 2. The average molecular weight is 274 g/mol. The zero-order valence-electron chi connectivity index (χ0n) is 11.4. The first-order valence-corrected chi connectivity index (χ1v) is 6.87. The minimum Gasteiger partial charge on any atom is -0.355 e. The smallest absolute Gasteiger partial charge is 0.259 e. The monoisotopic (exact) mass is 274 g/mol. The van der Waals surface area contributed by atoms with Crippen molar-refractivity contribution in [3.05, 3.63) is 35.9 Å². The Balaban J connectivity index is 2.04. The Morgan fingerprint density at radius 2 is 1.75 bits per heavy atom. The number of hydrogen-bond donors (Lipinski definition) is 1. The van der Waals surface area contributed by atoms with E-state index in [2.05, 4.69) is 0 Å². The van der Waals surface area contributed by atoms with Crippen molar-refractivity contribution in [2.45, 2.75) is 37.5 Å². The lowest BCUT2D eigenvalue weighted by atomic mass is 9.89. The summed E-state index contributed by atoms with van der Waals surface area (Å²) in [7, 11) is 0. The van der Waals surface area contributed by atoms with Gasteiger partial charge in [-0.15, -0.1) is 0 Å². The molecule has 2 N–H and O–H groups in total. The SMILES string of the molecule is CC(CN)(c1ccccc1)N1C(=O)C2CCC(O2)C1=O. The van der Waals surface area contributed by atoms with Crippen molar-refractivity contribution in [1.29, 1.82) is 0 Å². The van der Waals surface area contributed by atoms with Gasteiger partial charge in [-0.3, -0.25) is 14.5 Å². The fourth-order valence-corrected chi connectivity index (χ4v) is 3.02. The van der Waals surface area contributed by atoms with Crippen LogP contribution in [-0.2, 0) is 19.9 Å². The molecule has 1 aromatic rings. The van der Waals surface area contributed by atoms with Crippen LogP contribution in [0.15, 0.2) is 30.3 Å². The number of fused-ring (bicyclic) bond motifs is 2. The summed E-state index contributed by atoms with van der Waals surface area (Å²) in [6, 6.07) is 9.45. The predicted molar refractivity (Wildman–Crippen MR) is 72.6 cm³/mol. The number of nitrogens with two attached hydrogens (primary N) is 1. The normalized spacial score (nSPS) is 28.6. The number of benzene rings is 1. The van der Waals surface area contributed by atoms with E-state index in [9.17, 15) is 9.59 Å². The molecule has 2 bridgehead atoms. The first-order valence-electron chi connectivity index (χ1n) is 6.87. The highest BCUT2D eigenvalue weighted by Crippen LogP contribution is 2.36. The Labute approximate surface area is 117 Å². The Kier molecular flexibility index (Phi) is 3.11. The summed E-state index contributed by atoms with van der Waals surface area (Å²) < 4.78 is 5.45. The van der Waals surface area contributed by atoms with Gasteiger partial charge in [0, 0.05) is 6.54 Å². The van der Waals surface area contributed by atoms with Crippen LogP contribution in [0.4, 0.5) is 0 Å². The van der Waals surface area contributed by atoms with E-state index in [0.717, 1.165) is 5.56 Å². The van der Waals surface area contributed by atoms with Crippen LogP contribution in [0.2, 0.25) is 0 Å². The first kappa shape index (κ1) is 13.3. The highest BCUT2D eigenvalue weighted by atomic mass is 16.5. The number of hydrogen-bond acceptors (Lipinski definition) is 4. The molecule has 2 saturated heterocycles. The molecule has 0 aromatic heterocycles. The van der Waals surface area contributed by atoms with Crippen molar-refractivity contribution in [2.24, 2.45) is 5.73 Å². The number of imide groups is 1. The quantitative estimate of drug-likeness (QED) is 0.827. The summed E-state index contributed by atoms with van der Waals surface area (Å²) in [5.74, 6) is -0.527. The predicted octanol–water partition coefficient (Wildman–Crippen LogP) is 0.777. The number of carbonyl (C=O) groups excluding carboxylic acids is 2. The average Bonchev–Trinajstić information content (AvgIpc) is 2.93. The molecule has 1 aromatic carbocycles. The minimum atomic E-state index is -0.819. The van der Waals surface area contributed by atoms with Gasteiger partial charge in [-0.2, -0.15) is 0 Å². The molecule has 0 radical (unpaired) electrons. The van der Waals surface area contributed by atoms with E-state index in [-0.39, 0.29) is 18.4 Å². The molecule has 3 atom stereocenters. The molecule has 106 valence electrons. The summed E-state index contributed by atoms with van der Waals surface area (Å²) in [6.45, 7) is 2.02. The van der Waals surface area contributed by atoms with Crippen molar-refractivity contribution >= 4 is 11.8 Å². The van der Waals surface area contributed by atoms with Crippen molar-refractivity contribution < 1.29 is 14.3 Å². The molecule has 2 amide bonds. The third-order valence-electron chi connectivity index (χ3n) is 4.30. The highest BCUT2D eigenvalue weighted by Gasteiger charge is 2.52. The number of morpholine rings is 1. The van der Waals surface area contributed by atoms with Gasteiger partial charge in [-0.25, -0.2) is 0 Å². The van der Waals surface area contributed by atoms with Crippen molar-refractivity contribution in [3.8, 4) is 0 Å². The summed E-state index contributed by atoms with van der Waals surface area (Å²) in [4.78, 5) is 26.3. The molecule has 2 aliphatic rings.